The van der Waals surface area contributed by atoms with Gasteiger partial charge in [0.2, 0.25) is 6.10 Å². The molecule has 132 valence electrons. The number of amides is 1. The number of benzene rings is 2. The predicted molar refractivity (Wildman–Crippen MR) is 89.4 cm³/mol. The lowest BCUT2D eigenvalue weighted by Crippen LogP contribution is -2.26. The first kappa shape index (κ1) is 18.5. The summed E-state index contributed by atoms with van der Waals surface area (Å²) in [6.07, 6.45) is -3.82. The molecule has 0 aliphatic rings. The zero-order valence-electron chi connectivity index (χ0n) is 13.7. The number of nitrogens with zero attached hydrogens (tertiary/aromatic N) is 1. The summed E-state index contributed by atoms with van der Waals surface area (Å²) in [5.41, 5.74) is 1.34. The highest BCUT2D eigenvalue weighted by atomic mass is 19.4. The van der Waals surface area contributed by atoms with Gasteiger partial charge in [0.05, 0.1) is 11.8 Å². The highest BCUT2D eigenvalue weighted by Gasteiger charge is 2.30. The Labute approximate surface area is 143 Å². The second kappa shape index (κ2) is 7.83. The van der Waals surface area contributed by atoms with Gasteiger partial charge in [-0.15, -0.1) is 0 Å². The van der Waals surface area contributed by atoms with Crippen molar-refractivity contribution < 1.29 is 22.8 Å². The summed E-state index contributed by atoms with van der Waals surface area (Å²) in [4.78, 5) is 17.1. The minimum atomic E-state index is -4.41. The Morgan fingerprint density at radius 3 is 2.40 bits per heavy atom. The third kappa shape index (κ3) is 5.34. The van der Waals surface area contributed by atoms with Gasteiger partial charge in [-0.3, -0.25) is 4.79 Å². The molecule has 0 aliphatic carbocycles. The molecular formula is C18H17F3N2O2. The number of hydrogen-bond acceptors (Lipinski definition) is 3. The normalized spacial score (nSPS) is 12.8. The van der Waals surface area contributed by atoms with E-state index in [1.165, 1.54) is 25.3 Å². The molecule has 0 unspecified atom stereocenters. The standard InChI is InChI=1S/C18H17F3N2O2/c1-12-5-3-4-6-14(12)11-22-25-13(2)17(24)23-16-9-7-15(8-10-16)18(19,20)21/h3-11,13H,1-2H3,(H,23,24)/b22-11-/t13-/m0/s1. The van der Waals surface area contributed by atoms with E-state index in [1.807, 2.05) is 31.2 Å². The van der Waals surface area contributed by atoms with Gasteiger partial charge in [0.15, 0.2) is 0 Å². The fourth-order valence-electron chi connectivity index (χ4n) is 1.94. The van der Waals surface area contributed by atoms with E-state index in [4.69, 9.17) is 4.84 Å². The molecule has 1 atom stereocenters. The van der Waals surface area contributed by atoms with Gasteiger partial charge in [-0.05, 0) is 49.2 Å². The molecule has 2 aromatic rings. The van der Waals surface area contributed by atoms with E-state index in [1.54, 1.807) is 0 Å². The number of halogens is 3. The first-order chi connectivity index (χ1) is 11.8. The van der Waals surface area contributed by atoms with Crippen molar-refractivity contribution in [3.05, 3.63) is 65.2 Å². The predicted octanol–water partition coefficient (Wildman–Crippen LogP) is 4.39. The van der Waals surface area contributed by atoms with E-state index in [-0.39, 0.29) is 5.69 Å². The fourth-order valence-corrected chi connectivity index (χ4v) is 1.94. The van der Waals surface area contributed by atoms with Crippen molar-refractivity contribution in [2.75, 3.05) is 5.32 Å². The lowest BCUT2D eigenvalue weighted by molar-refractivity contribution is -0.137. The van der Waals surface area contributed by atoms with Crippen LogP contribution < -0.4 is 5.32 Å². The van der Waals surface area contributed by atoms with Crippen LogP contribution in [0.2, 0.25) is 0 Å². The summed E-state index contributed by atoms with van der Waals surface area (Å²) in [7, 11) is 0. The van der Waals surface area contributed by atoms with Crippen LogP contribution in [0.4, 0.5) is 18.9 Å². The molecule has 0 bridgehead atoms. The van der Waals surface area contributed by atoms with Crippen LogP contribution in [0, 0.1) is 6.92 Å². The minimum absolute atomic E-state index is 0.247. The molecule has 1 N–H and O–H groups in total. The fraction of sp³-hybridized carbons (Fsp3) is 0.222. The number of carbonyl (C=O) groups is 1. The van der Waals surface area contributed by atoms with E-state index >= 15 is 0 Å². The smallest absolute Gasteiger partial charge is 0.383 e. The molecule has 0 heterocycles. The second-order valence-electron chi connectivity index (χ2n) is 5.40. The summed E-state index contributed by atoms with van der Waals surface area (Å²) in [5.74, 6) is -0.512. The van der Waals surface area contributed by atoms with Gasteiger partial charge in [-0.1, -0.05) is 29.4 Å². The molecule has 0 fully saturated rings. The molecule has 0 saturated carbocycles. The number of nitrogens with one attached hydrogen (secondary N) is 1. The highest BCUT2D eigenvalue weighted by molar-refractivity contribution is 5.94. The van der Waals surface area contributed by atoms with Crippen LogP contribution in [0.15, 0.2) is 53.7 Å². The van der Waals surface area contributed by atoms with Crippen molar-refractivity contribution in [3.63, 3.8) is 0 Å². The summed E-state index contributed by atoms with van der Waals surface area (Å²) in [5, 5.41) is 6.25. The van der Waals surface area contributed by atoms with Gasteiger partial charge in [-0.25, -0.2) is 0 Å². The van der Waals surface area contributed by atoms with Gasteiger partial charge >= 0.3 is 6.18 Å². The Hall–Kier alpha value is -2.83. The Bertz CT molecular complexity index is 756. The van der Waals surface area contributed by atoms with E-state index in [9.17, 15) is 18.0 Å². The highest BCUT2D eigenvalue weighted by Crippen LogP contribution is 2.29. The Morgan fingerprint density at radius 2 is 1.80 bits per heavy atom. The molecule has 0 aliphatic heterocycles. The summed E-state index contributed by atoms with van der Waals surface area (Å²) >= 11 is 0. The molecule has 0 saturated heterocycles. The number of oxime groups is 1. The van der Waals surface area contributed by atoms with Crippen molar-refractivity contribution >= 4 is 17.8 Å². The SMILES string of the molecule is Cc1ccccc1/C=N\O[C@@H](C)C(=O)Nc1ccc(C(F)(F)F)cc1. The molecule has 25 heavy (non-hydrogen) atoms. The van der Waals surface area contributed by atoms with E-state index in [0.717, 1.165) is 23.3 Å². The van der Waals surface area contributed by atoms with Crippen molar-refractivity contribution in [2.24, 2.45) is 5.16 Å². The van der Waals surface area contributed by atoms with Crippen LogP contribution in [-0.4, -0.2) is 18.2 Å². The van der Waals surface area contributed by atoms with E-state index < -0.39 is 23.8 Å². The maximum absolute atomic E-state index is 12.5. The van der Waals surface area contributed by atoms with Crippen molar-refractivity contribution in [1.82, 2.24) is 0 Å². The molecule has 0 radical (unpaired) electrons. The first-order valence-electron chi connectivity index (χ1n) is 7.50. The number of hydrogen-bond donors (Lipinski definition) is 1. The van der Waals surface area contributed by atoms with Gasteiger partial charge in [0.25, 0.3) is 5.91 Å². The zero-order valence-corrected chi connectivity index (χ0v) is 13.7. The largest absolute Gasteiger partial charge is 0.416 e. The monoisotopic (exact) mass is 350 g/mol. The molecule has 1 amide bonds. The van der Waals surface area contributed by atoms with Crippen LogP contribution in [0.25, 0.3) is 0 Å². The van der Waals surface area contributed by atoms with Crippen molar-refractivity contribution in [2.45, 2.75) is 26.1 Å². The molecule has 4 nitrogen and oxygen atoms in total. The third-order valence-electron chi connectivity index (χ3n) is 3.45. The van der Waals surface area contributed by atoms with Gasteiger partial charge < -0.3 is 10.2 Å². The lowest BCUT2D eigenvalue weighted by atomic mass is 10.1. The molecule has 2 rings (SSSR count). The number of rotatable bonds is 5. The summed E-state index contributed by atoms with van der Waals surface area (Å²) in [6, 6.07) is 11.7. The molecule has 0 aromatic heterocycles. The number of anilines is 1. The van der Waals surface area contributed by atoms with Crippen LogP contribution in [0.5, 0.6) is 0 Å². The van der Waals surface area contributed by atoms with Crippen molar-refractivity contribution in [1.29, 1.82) is 0 Å². The minimum Gasteiger partial charge on any atom is -0.383 e. The van der Waals surface area contributed by atoms with E-state index in [0.29, 0.717) is 0 Å². The second-order valence-corrected chi connectivity index (χ2v) is 5.40. The van der Waals surface area contributed by atoms with Crippen LogP contribution in [-0.2, 0) is 15.8 Å². The van der Waals surface area contributed by atoms with Crippen LogP contribution in [0.1, 0.15) is 23.6 Å². The Kier molecular flexibility index (Phi) is 5.80. The maximum atomic E-state index is 12.5. The van der Waals surface area contributed by atoms with Crippen molar-refractivity contribution in [3.8, 4) is 0 Å². The Morgan fingerprint density at radius 1 is 1.16 bits per heavy atom. The Balaban J connectivity index is 1.91. The maximum Gasteiger partial charge on any atom is 0.416 e. The molecule has 2 aromatic carbocycles. The zero-order chi connectivity index (χ0) is 18.4. The van der Waals surface area contributed by atoms with E-state index in [2.05, 4.69) is 10.5 Å². The van der Waals surface area contributed by atoms with Crippen LogP contribution in [0.3, 0.4) is 0 Å². The van der Waals surface area contributed by atoms with Crippen LogP contribution >= 0.6 is 0 Å². The van der Waals surface area contributed by atoms with Gasteiger partial charge in [-0.2, -0.15) is 13.2 Å². The molecular weight excluding hydrogens is 333 g/mol. The quantitative estimate of drug-likeness (QED) is 0.642. The van der Waals surface area contributed by atoms with Gasteiger partial charge in [0, 0.05) is 5.69 Å². The lowest BCUT2D eigenvalue weighted by Gasteiger charge is -2.11. The number of aryl methyl sites for hydroxylation is 1. The third-order valence-corrected chi connectivity index (χ3v) is 3.45. The first-order valence-corrected chi connectivity index (χ1v) is 7.50. The average molecular weight is 350 g/mol. The summed E-state index contributed by atoms with van der Waals surface area (Å²) < 4.78 is 37.5. The topological polar surface area (TPSA) is 50.7 Å². The molecule has 7 heteroatoms. The van der Waals surface area contributed by atoms with Gasteiger partial charge in [0.1, 0.15) is 0 Å². The average Bonchev–Trinajstić information content (AvgIpc) is 2.56. The molecule has 0 spiro atoms. The summed E-state index contributed by atoms with van der Waals surface area (Å²) in [6.45, 7) is 3.41. The number of alkyl halides is 3. The number of carbonyl (C=O) groups excluding carboxylic acids is 1.